The number of nitrogens with one attached hydrogen (secondary N) is 1. The Morgan fingerprint density at radius 3 is 2.67 bits per heavy atom. The topological polar surface area (TPSA) is 114 Å². The van der Waals surface area contributed by atoms with E-state index in [1.165, 1.54) is 0 Å². The molecule has 3 N–H and O–H groups in total. The number of carbonyl (C=O) groups is 1. The van der Waals surface area contributed by atoms with Gasteiger partial charge in [-0.2, -0.15) is 0 Å². The minimum atomic E-state index is -0.604. The number of hydrogen-bond acceptors (Lipinski definition) is 7. The molecule has 1 unspecified atom stereocenters. The van der Waals surface area contributed by atoms with Crippen LogP contribution in [0, 0.1) is 0 Å². The first kappa shape index (κ1) is 17.5. The van der Waals surface area contributed by atoms with Crippen molar-refractivity contribution in [2.75, 3.05) is 40.1 Å². The van der Waals surface area contributed by atoms with E-state index >= 15 is 0 Å². The fourth-order valence-corrected chi connectivity index (χ4v) is 1.43. The van der Waals surface area contributed by atoms with Crippen LogP contribution in [-0.2, 0) is 25.5 Å². The average Bonchev–Trinajstić information content (AvgIpc) is 2.98. The largest absolute Gasteiger partial charge is 0.377 e. The Bertz CT molecular complexity index is 374. The number of ether oxygens (including phenoxy) is 3. The van der Waals surface area contributed by atoms with Crippen LogP contribution in [0.3, 0.4) is 0 Å². The molecule has 0 fully saturated rings. The molecule has 21 heavy (non-hydrogen) atoms. The maximum absolute atomic E-state index is 11.0. The van der Waals surface area contributed by atoms with Crippen LogP contribution < -0.4 is 11.1 Å². The maximum Gasteiger partial charge on any atom is 0.223 e. The zero-order valence-corrected chi connectivity index (χ0v) is 12.2. The second kappa shape index (κ2) is 11.1. The second-order valence-corrected chi connectivity index (χ2v) is 4.18. The smallest absolute Gasteiger partial charge is 0.223 e. The highest BCUT2D eigenvalue weighted by atomic mass is 16.5. The number of aromatic nitrogens is 3. The van der Waals surface area contributed by atoms with E-state index in [9.17, 15) is 4.79 Å². The Morgan fingerprint density at radius 1 is 1.29 bits per heavy atom. The Balaban J connectivity index is 1.83. The Kier molecular flexibility index (Phi) is 9.29. The van der Waals surface area contributed by atoms with Crippen molar-refractivity contribution in [3.63, 3.8) is 0 Å². The summed E-state index contributed by atoms with van der Waals surface area (Å²) < 4.78 is 17.6. The van der Waals surface area contributed by atoms with Gasteiger partial charge in [0.1, 0.15) is 6.23 Å². The third-order valence-electron chi connectivity index (χ3n) is 2.53. The first-order chi connectivity index (χ1) is 10.2. The van der Waals surface area contributed by atoms with Crippen LogP contribution in [0.15, 0.2) is 12.4 Å². The average molecular weight is 301 g/mol. The van der Waals surface area contributed by atoms with Gasteiger partial charge in [0.2, 0.25) is 5.91 Å². The normalized spacial score (nSPS) is 12.3. The standard InChI is InChI=1S/C12H23N5O4/c1-14-12(18)10-11(13)21-9-8-20-7-6-19-5-4-17-3-2-15-16-17/h2-3,11H,4-10,13H2,1H3,(H,14,18). The van der Waals surface area contributed by atoms with Crippen molar-refractivity contribution in [2.24, 2.45) is 5.73 Å². The van der Waals surface area contributed by atoms with E-state index in [-0.39, 0.29) is 12.3 Å². The van der Waals surface area contributed by atoms with Gasteiger partial charge in [0.25, 0.3) is 0 Å². The van der Waals surface area contributed by atoms with Crippen molar-refractivity contribution in [3.05, 3.63) is 12.4 Å². The predicted molar refractivity (Wildman–Crippen MR) is 74.3 cm³/mol. The van der Waals surface area contributed by atoms with Crippen LogP contribution in [0.1, 0.15) is 6.42 Å². The van der Waals surface area contributed by atoms with Crippen LogP contribution in [0.5, 0.6) is 0 Å². The van der Waals surface area contributed by atoms with Gasteiger partial charge in [-0.15, -0.1) is 5.10 Å². The van der Waals surface area contributed by atoms with Crippen molar-refractivity contribution in [1.29, 1.82) is 0 Å². The van der Waals surface area contributed by atoms with E-state index in [1.54, 1.807) is 24.1 Å². The molecule has 9 heteroatoms. The van der Waals surface area contributed by atoms with Gasteiger partial charge in [-0.3, -0.25) is 9.48 Å². The van der Waals surface area contributed by atoms with Gasteiger partial charge in [-0.05, 0) is 0 Å². The highest BCUT2D eigenvalue weighted by Crippen LogP contribution is 1.91. The van der Waals surface area contributed by atoms with Crippen LogP contribution in [0.2, 0.25) is 0 Å². The lowest BCUT2D eigenvalue weighted by atomic mass is 10.4. The lowest BCUT2D eigenvalue weighted by molar-refractivity contribution is -0.123. The van der Waals surface area contributed by atoms with E-state index in [1.807, 2.05) is 0 Å². The summed E-state index contributed by atoms with van der Waals surface area (Å²) in [5.74, 6) is -0.149. The molecule has 1 aromatic rings. The molecule has 0 aliphatic rings. The molecule has 0 radical (unpaired) electrons. The molecule has 0 aromatic carbocycles. The van der Waals surface area contributed by atoms with Gasteiger partial charge in [-0.25, -0.2) is 0 Å². The third-order valence-corrected chi connectivity index (χ3v) is 2.53. The number of carbonyl (C=O) groups excluding carboxylic acids is 1. The summed E-state index contributed by atoms with van der Waals surface area (Å²) in [5, 5.41) is 9.99. The minimum Gasteiger partial charge on any atom is -0.377 e. The SMILES string of the molecule is CNC(=O)CC(N)OCCOCCOCCn1ccnn1. The maximum atomic E-state index is 11.0. The molecule has 0 saturated heterocycles. The molecular formula is C12H23N5O4. The van der Waals surface area contributed by atoms with E-state index < -0.39 is 6.23 Å². The Morgan fingerprint density at radius 2 is 2.00 bits per heavy atom. The van der Waals surface area contributed by atoms with E-state index in [4.69, 9.17) is 19.9 Å². The predicted octanol–water partition coefficient (Wildman–Crippen LogP) is -1.25. The molecule has 1 atom stereocenters. The molecule has 0 aliphatic heterocycles. The third kappa shape index (κ3) is 9.08. The summed E-state index contributed by atoms with van der Waals surface area (Å²) in [4.78, 5) is 11.0. The summed E-state index contributed by atoms with van der Waals surface area (Å²) in [6.07, 6.45) is 2.94. The molecule has 1 amide bonds. The molecule has 120 valence electrons. The molecule has 0 bridgehead atoms. The molecule has 0 saturated carbocycles. The van der Waals surface area contributed by atoms with Crippen LogP contribution in [0.25, 0.3) is 0 Å². The lowest BCUT2D eigenvalue weighted by Gasteiger charge is -2.12. The fourth-order valence-electron chi connectivity index (χ4n) is 1.43. The van der Waals surface area contributed by atoms with Crippen LogP contribution in [-0.4, -0.2) is 67.2 Å². The molecule has 0 spiro atoms. The van der Waals surface area contributed by atoms with Crippen LogP contribution >= 0.6 is 0 Å². The van der Waals surface area contributed by atoms with Gasteiger partial charge in [0.15, 0.2) is 0 Å². The summed E-state index contributed by atoms with van der Waals surface area (Å²) in [5.41, 5.74) is 5.60. The molecule has 1 heterocycles. The fraction of sp³-hybridized carbons (Fsp3) is 0.750. The van der Waals surface area contributed by atoms with E-state index in [0.717, 1.165) is 0 Å². The van der Waals surface area contributed by atoms with Gasteiger partial charge in [-0.1, -0.05) is 5.21 Å². The summed E-state index contributed by atoms with van der Waals surface area (Å²) in [7, 11) is 1.56. The zero-order valence-electron chi connectivity index (χ0n) is 12.2. The lowest BCUT2D eigenvalue weighted by Crippen LogP contribution is -2.32. The van der Waals surface area contributed by atoms with Crippen molar-refractivity contribution in [2.45, 2.75) is 19.2 Å². The first-order valence-electron chi connectivity index (χ1n) is 6.79. The molecule has 9 nitrogen and oxygen atoms in total. The number of amides is 1. The van der Waals surface area contributed by atoms with Gasteiger partial charge >= 0.3 is 0 Å². The Labute approximate surface area is 123 Å². The van der Waals surface area contributed by atoms with Gasteiger partial charge in [0, 0.05) is 13.2 Å². The summed E-state index contributed by atoms with van der Waals surface area (Å²) in [6.45, 7) is 2.95. The van der Waals surface area contributed by atoms with E-state index in [0.29, 0.717) is 39.6 Å². The Hall–Kier alpha value is -1.55. The monoisotopic (exact) mass is 301 g/mol. The van der Waals surface area contributed by atoms with E-state index in [2.05, 4.69) is 15.6 Å². The number of rotatable bonds is 12. The van der Waals surface area contributed by atoms with Crippen molar-refractivity contribution < 1.29 is 19.0 Å². The summed E-state index contributed by atoms with van der Waals surface area (Å²) >= 11 is 0. The number of nitrogens with two attached hydrogens (primary N) is 1. The molecule has 1 rings (SSSR count). The zero-order chi connectivity index (χ0) is 15.3. The van der Waals surface area contributed by atoms with Gasteiger partial charge in [0.05, 0.1) is 52.2 Å². The molecule has 1 aromatic heterocycles. The van der Waals surface area contributed by atoms with Gasteiger partial charge < -0.3 is 25.3 Å². The van der Waals surface area contributed by atoms with Crippen LogP contribution in [0.4, 0.5) is 0 Å². The molecular weight excluding hydrogens is 278 g/mol. The van der Waals surface area contributed by atoms with Crippen molar-refractivity contribution >= 4 is 5.91 Å². The number of nitrogens with zero attached hydrogens (tertiary/aromatic N) is 3. The molecule has 0 aliphatic carbocycles. The van der Waals surface area contributed by atoms with Crippen molar-refractivity contribution in [1.82, 2.24) is 20.3 Å². The quantitative estimate of drug-likeness (QED) is 0.366. The number of hydrogen-bond donors (Lipinski definition) is 2. The highest BCUT2D eigenvalue weighted by molar-refractivity contribution is 5.75. The summed E-state index contributed by atoms with van der Waals surface area (Å²) in [6, 6.07) is 0. The van der Waals surface area contributed by atoms with Crippen molar-refractivity contribution in [3.8, 4) is 0 Å². The highest BCUT2D eigenvalue weighted by Gasteiger charge is 2.07. The second-order valence-electron chi connectivity index (χ2n) is 4.18. The first-order valence-corrected chi connectivity index (χ1v) is 6.79. The minimum absolute atomic E-state index is 0.141.